The maximum Gasteiger partial charge on any atom is 0.165 e. The molecule has 2 N–H and O–H groups in total. The highest BCUT2D eigenvalue weighted by atomic mass is 16.3. The second kappa shape index (κ2) is 4.00. The van der Waals surface area contributed by atoms with Crippen molar-refractivity contribution in [1.29, 1.82) is 0 Å². The first-order chi connectivity index (χ1) is 9.66. The van der Waals surface area contributed by atoms with Gasteiger partial charge in [-0.2, -0.15) is 0 Å². The normalized spacial score (nSPS) is 20.4. The molecule has 102 valence electrons. The van der Waals surface area contributed by atoms with Crippen LogP contribution < -0.4 is 0 Å². The van der Waals surface area contributed by atoms with Crippen molar-refractivity contribution < 1.29 is 10.2 Å². The molecule has 2 aromatic carbocycles. The second-order valence-electron chi connectivity index (χ2n) is 5.80. The summed E-state index contributed by atoms with van der Waals surface area (Å²) in [5.41, 5.74) is 5.51. The molecule has 1 aliphatic carbocycles. The van der Waals surface area contributed by atoms with Crippen LogP contribution in [0, 0.1) is 0 Å². The second-order valence-corrected chi connectivity index (χ2v) is 5.80. The quantitative estimate of drug-likeness (QED) is 0.721. The van der Waals surface area contributed by atoms with E-state index in [0.717, 1.165) is 30.5 Å². The fourth-order valence-corrected chi connectivity index (χ4v) is 3.67. The molecule has 3 heteroatoms. The maximum atomic E-state index is 10.4. The van der Waals surface area contributed by atoms with Crippen LogP contribution in [0.1, 0.15) is 22.7 Å². The molecule has 20 heavy (non-hydrogen) atoms. The Morgan fingerprint density at radius 1 is 1.15 bits per heavy atom. The van der Waals surface area contributed by atoms with E-state index in [0.29, 0.717) is 6.04 Å². The Labute approximate surface area is 118 Å². The number of phenols is 2. The number of benzene rings is 2. The number of likely N-dealkylation sites (N-methyl/N-ethyl adjacent to an activating group) is 1. The lowest BCUT2D eigenvalue weighted by Crippen LogP contribution is -2.35. The minimum atomic E-state index is -0.00115. The summed E-state index contributed by atoms with van der Waals surface area (Å²) in [6.45, 7) is 0.990. The van der Waals surface area contributed by atoms with Gasteiger partial charge in [0.2, 0.25) is 0 Å². The van der Waals surface area contributed by atoms with Crippen molar-refractivity contribution in [3.05, 3.63) is 47.0 Å². The van der Waals surface area contributed by atoms with E-state index in [4.69, 9.17) is 0 Å². The fourth-order valence-electron chi connectivity index (χ4n) is 3.67. The SMILES string of the molecule is CN1CCc2cc(O)c(O)c3c2C1Cc1ccccc1-3. The Hall–Kier alpha value is -2.00. The molecule has 1 aliphatic heterocycles. The summed E-state index contributed by atoms with van der Waals surface area (Å²) in [6.07, 6.45) is 1.89. The van der Waals surface area contributed by atoms with E-state index in [1.165, 1.54) is 16.7 Å². The monoisotopic (exact) mass is 267 g/mol. The van der Waals surface area contributed by atoms with Gasteiger partial charge in [-0.15, -0.1) is 0 Å². The Bertz CT molecular complexity index is 708. The van der Waals surface area contributed by atoms with Gasteiger partial charge in [0.05, 0.1) is 0 Å². The summed E-state index contributed by atoms with van der Waals surface area (Å²) in [6, 6.07) is 10.2. The van der Waals surface area contributed by atoms with E-state index in [9.17, 15) is 10.2 Å². The lowest BCUT2D eigenvalue weighted by atomic mass is 9.76. The van der Waals surface area contributed by atoms with Gasteiger partial charge in [-0.05, 0) is 48.2 Å². The van der Waals surface area contributed by atoms with Gasteiger partial charge in [0.1, 0.15) is 0 Å². The average Bonchev–Trinajstić information content (AvgIpc) is 2.46. The van der Waals surface area contributed by atoms with Gasteiger partial charge in [0.25, 0.3) is 0 Å². The van der Waals surface area contributed by atoms with Gasteiger partial charge in [-0.1, -0.05) is 24.3 Å². The molecule has 1 unspecified atom stereocenters. The summed E-state index contributed by atoms with van der Waals surface area (Å²) in [4.78, 5) is 2.35. The molecule has 0 bridgehead atoms. The summed E-state index contributed by atoms with van der Waals surface area (Å²) in [5, 5.41) is 20.4. The molecule has 1 heterocycles. The molecule has 0 spiro atoms. The van der Waals surface area contributed by atoms with E-state index in [1.54, 1.807) is 6.07 Å². The number of nitrogens with zero attached hydrogens (tertiary/aromatic N) is 1. The summed E-state index contributed by atoms with van der Waals surface area (Å²) in [5.74, 6) is 0.0231. The van der Waals surface area contributed by atoms with Gasteiger partial charge in [0.15, 0.2) is 11.5 Å². The summed E-state index contributed by atoms with van der Waals surface area (Å²) < 4.78 is 0. The van der Waals surface area contributed by atoms with Crippen LogP contribution >= 0.6 is 0 Å². The molecule has 1 atom stereocenters. The largest absolute Gasteiger partial charge is 0.504 e. The number of hydrogen-bond donors (Lipinski definition) is 2. The van der Waals surface area contributed by atoms with Crippen molar-refractivity contribution in [3.63, 3.8) is 0 Å². The molecule has 4 rings (SSSR count). The minimum Gasteiger partial charge on any atom is -0.504 e. The number of rotatable bonds is 0. The van der Waals surface area contributed by atoms with E-state index in [-0.39, 0.29) is 11.5 Å². The highest BCUT2D eigenvalue weighted by Crippen LogP contribution is 2.51. The fraction of sp³-hybridized carbons (Fsp3) is 0.294. The molecule has 0 amide bonds. The predicted molar refractivity (Wildman–Crippen MR) is 78.0 cm³/mol. The molecule has 0 saturated carbocycles. The van der Waals surface area contributed by atoms with Crippen LogP contribution in [-0.2, 0) is 12.8 Å². The van der Waals surface area contributed by atoms with Gasteiger partial charge < -0.3 is 10.2 Å². The summed E-state index contributed by atoms with van der Waals surface area (Å²) >= 11 is 0. The molecular formula is C17H17NO2. The molecule has 0 aromatic heterocycles. The van der Waals surface area contributed by atoms with Crippen molar-refractivity contribution in [2.24, 2.45) is 0 Å². The van der Waals surface area contributed by atoms with Gasteiger partial charge in [-0.25, -0.2) is 0 Å². The third-order valence-electron chi connectivity index (χ3n) is 4.70. The summed E-state index contributed by atoms with van der Waals surface area (Å²) in [7, 11) is 2.13. The molecule has 2 aromatic rings. The van der Waals surface area contributed by atoms with Crippen LogP contribution in [0.5, 0.6) is 11.5 Å². The van der Waals surface area contributed by atoms with E-state index < -0.39 is 0 Å². The number of fused-ring (bicyclic) bond motifs is 2. The maximum absolute atomic E-state index is 10.4. The van der Waals surface area contributed by atoms with E-state index in [1.807, 2.05) is 18.2 Å². The Morgan fingerprint density at radius 2 is 1.95 bits per heavy atom. The Morgan fingerprint density at radius 3 is 2.80 bits per heavy atom. The molecule has 0 fully saturated rings. The van der Waals surface area contributed by atoms with Crippen molar-refractivity contribution in [2.75, 3.05) is 13.6 Å². The molecule has 2 aliphatic rings. The topological polar surface area (TPSA) is 43.7 Å². The number of phenolic OH excluding ortho intramolecular Hbond substituents is 2. The lowest BCUT2D eigenvalue weighted by Gasteiger charge is -2.40. The first-order valence-corrected chi connectivity index (χ1v) is 7.03. The zero-order chi connectivity index (χ0) is 13.9. The first-order valence-electron chi connectivity index (χ1n) is 7.03. The third kappa shape index (κ3) is 1.44. The van der Waals surface area contributed by atoms with Crippen LogP contribution in [0.4, 0.5) is 0 Å². The zero-order valence-corrected chi connectivity index (χ0v) is 11.4. The van der Waals surface area contributed by atoms with Crippen molar-refractivity contribution in [3.8, 4) is 22.6 Å². The smallest absolute Gasteiger partial charge is 0.165 e. The van der Waals surface area contributed by atoms with Gasteiger partial charge >= 0.3 is 0 Å². The third-order valence-corrected chi connectivity index (χ3v) is 4.70. The van der Waals surface area contributed by atoms with E-state index >= 15 is 0 Å². The van der Waals surface area contributed by atoms with Crippen LogP contribution in [0.3, 0.4) is 0 Å². The minimum absolute atomic E-state index is 0.00115. The standard InChI is InChI=1S/C17H17NO2/c1-18-7-6-11-9-14(19)17(20)16-12-5-3-2-4-10(12)8-13(18)15(11)16/h2-5,9,13,19-20H,6-8H2,1H3. The Balaban J connectivity index is 2.10. The van der Waals surface area contributed by atoms with E-state index in [2.05, 4.69) is 18.0 Å². The zero-order valence-electron chi connectivity index (χ0n) is 11.4. The first kappa shape index (κ1) is 11.8. The lowest BCUT2D eigenvalue weighted by molar-refractivity contribution is 0.227. The van der Waals surface area contributed by atoms with Crippen LogP contribution in [0.25, 0.3) is 11.1 Å². The molecule has 3 nitrogen and oxygen atoms in total. The number of hydrogen-bond acceptors (Lipinski definition) is 3. The van der Waals surface area contributed by atoms with Gasteiger partial charge in [0, 0.05) is 18.2 Å². The van der Waals surface area contributed by atoms with Crippen molar-refractivity contribution >= 4 is 0 Å². The number of aromatic hydroxyl groups is 2. The van der Waals surface area contributed by atoms with Crippen LogP contribution in [-0.4, -0.2) is 28.7 Å². The van der Waals surface area contributed by atoms with Crippen LogP contribution in [0.15, 0.2) is 30.3 Å². The Kier molecular flexibility index (Phi) is 2.36. The highest BCUT2D eigenvalue weighted by Gasteiger charge is 2.35. The molecule has 0 saturated heterocycles. The van der Waals surface area contributed by atoms with Crippen molar-refractivity contribution in [2.45, 2.75) is 18.9 Å². The highest BCUT2D eigenvalue weighted by molar-refractivity contribution is 5.82. The molecular weight excluding hydrogens is 250 g/mol. The van der Waals surface area contributed by atoms with Gasteiger partial charge in [-0.3, -0.25) is 4.90 Å². The predicted octanol–water partition coefficient (Wildman–Crippen LogP) is 2.85. The average molecular weight is 267 g/mol. The van der Waals surface area contributed by atoms with Crippen LogP contribution in [0.2, 0.25) is 0 Å². The molecule has 0 radical (unpaired) electrons. The van der Waals surface area contributed by atoms with Crippen molar-refractivity contribution in [1.82, 2.24) is 4.90 Å².